The average Bonchev–Trinajstić information content (AvgIpc) is 2.54. The molecule has 1 aromatic rings. The smallest absolute Gasteiger partial charge is 0.287 e. The maximum Gasteiger partial charge on any atom is 0.287 e. The van der Waals surface area contributed by atoms with Gasteiger partial charge in [-0.05, 0) is 6.07 Å². The number of hydrogen-bond acceptors (Lipinski definition) is 2. The summed E-state index contributed by atoms with van der Waals surface area (Å²) in [5.41, 5.74) is 0.0636. The topological polar surface area (TPSA) is 54.3 Å². The van der Waals surface area contributed by atoms with Gasteiger partial charge in [-0.25, -0.2) is 8.78 Å². The Balaban J connectivity index is 2.74. The molecule has 1 rings (SSSR count). The number of aliphatic hydroxyl groups is 1. The molecule has 1 heterocycles. The van der Waals surface area contributed by atoms with Crippen molar-refractivity contribution in [2.24, 2.45) is 7.05 Å². The van der Waals surface area contributed by atoms with Gasteiger partial charge in [0.1, 0.15) is 17.5 Å². The van der Waals surface area contributed by atoms with Crippen molar-refractivity contribution in [1.29, 1.82) is 0 Å². The molecule has 1 aromatic heterocycles. The fourth-order valence-electron chi connectivity index (χ4n) is 1.12. The molecule has 0 saturated carbocycles. The quantitative estimate of drug-likeness (QED) is 0.885. The van der Waals surface area contributed by atoms with Crippen LogP contribution >= 0.6 is 23.2 Å². The van der Waals surface area contributed by atoms with Crippen LogP contribution in [0, 0.1) is 0 Å². The van der Waals surface area contributed by atoms with Crippen molar-refractivity contribution in [3.63, 3.8) is 0 Å². The molecule has 8 heteroatoms. The van der Waals surface area contributed by atoms with E-state index in [1.807, 2.05) is 5.32 Å². The minimum Gasteiger partial charge on any atom is -0.390 e. The van der Waals surface area contributed by atoms with E-state index in [2.05, 4.69) is 0 Å². The molecule has 0 bridgehead atoms. The number of aromatic nitrogens is 1. The molecule has 0 unspecified atom stereocenters. The summed E-state index contributed by atoms with van der Waals surface area (Å²) in [6, 6.07) is 1.27. The van der Waals surface area contributed by atoms with Crippen molar-refractivity contribution >= 4 is 29.1 Å². The lowest BCUT2D eigenvalue weighted by atomic mass is 10.3. The molecule has 0 spiro atoms. The highest BCUT2D eigenvalue weighted by Gasteiger charge is 2.29. The summed E-state index contributed by atoms with van der Waals surface area (Å²) >= 11 is 11.4. The van der Waals surface area contributed by atoms with Gasteiger partial charge in [-0.2, -0.15) is 0 Å². The van der Waals surface area contributed by atoms with Gasteiger partial charge in [-0.15, -0.1) is 0 Å². The molecule has 0 aliphatic carbocycles. The van der Waals surface area contributed by atoms with Gasteiger partial charge in [0.2, 0.25) is 0 Å². The molecule has 4 nitrogen and oxygen atoms in total. The zero-order valence-electron chi connectivity index (χ0n) is 8.81. The van der Waals surface area contributed by atoms with Crippen LogP contribution in [0.1, 0.15) is 10.5 Å². The lowest BCUT2D eigenvalue weighted by Crippen LogP contribution is -2.39. The number of rotatable bonds is 4. The van der Waals surface area contributed by atoms with E-state index in [0.29, 0.717) is 0 Å². The molecule has 0 saturated heterocycles. The molecule has 17 heavy (non-hydrogen) atoms. The summed E-state index contributed by atoms with van der Waals surface area (Å²) in [4.78, 5) is 11.5. The first-order valence-electron chi connectivity index (χ1n) is 4.56. The second-order valence-electron chi connectivity index (χ2n) is 3.42. The van der Waals surface area contributed by atoms with E-state index in [0.717, 1.165) is 0 Å². The van der Waals surface area contributed by atoms with Crippen molar-refractivity contribution < 1.29 is 18.7 Å². The molecule has 0 aliphatic rings. The van der Waals surface area contributed by atoms with Crippen LogP contribution in [0.2, 0.25) is 10.2 Å². The Bertz CT molecular complexity index is 435. The fourth-order valence-corrected chi connectivity index (χ4v) is 1.49. The van der Waals surface area contributed by atoms with E-state index >= 15 is 0 Å². The van der Waals surface area contributed by atoms with Crippen LogP contribution in [0.5, 0.6) is 0 Å². The Hall–Kier alpha value is -0.850. The zero-order chi connectivity index (χ0) is 13.2. The average molecular weight is 287 g/mol. The third-order valence-electron chi connectivity index (χ3n) is 2.09. The zero-order valence-corrected chi connectivity index (χ0v) is 10.3. The molecule has 96 valence electrons. The predicted octanol–water partition coefficient (Wildman–Crippen LogP) is 1.69. The number of carbonyl (C=O) groups excluding carboxylic acids is 1. The standard InChI is InChI=1S/C9H10Cl2F2N2O2/c1-15-6(2-5(10)7(15)11)8(17)14-3-9(12,13)4-16/h2,16H,3-4H2,1H3,(H,14,17). The molecular weight excluding hydrogens is 277 g/mol. The third-order valence-corrected chi connectivity index (χ3v) is 2.93. The van der Waals surface area contributed by atoms with E-state index < -0.39 is 25.0 Å². The number of amides is 1. The van der Waals surface area contributed by atoms with Crippen molar-refractivity contribution in [2.75, 3.05) is 13.2 Å². The molecular formula is C9H10Cl2F2N2O2. The molecule has 0 aromatic carbocycles. The van der Waals surface area contributed by atoms with Crippen LogP contribution in [0.25, 0.3) is 0 Å². The van der Waals surface area contributed by atoms with E-state index in [1.165, 1.54) is 17.7 Å². The Labute approximate surface area is 106 Å². The summed E-state index contributed by atoms with van der Waals surface area (Å²) < 4.78 is 26.7. The Morgan fingerprint density at radius 2 is 2.18 bits per heavy atom. The van der Waals surface area contributed by atoms with E-state index in [4.69, 9.17) is 28.3 Å². The van der Waals surface area contributed by atoms with Gasteiger partial charge in [0.25, 0.3) is 11.8 Å². The second kappa shape index (κ2) is 5.20. The van der Waals surface area contributed by atoms with Crippen LogP contribution in [-0.2, 0) is 7.05 Å². The number of carbonyl (C=O) groups is 1. The van der Waals surface area contributed by atoms with Crippen molar-refractivity contribution in [2.45, 2.75) is 5.92 Å². The monoisotopic (exact) mass is 286 g/mol. The van der Waals surface area contributed by atoms with Crippen LogP contribution in [0.4, 0.5) is 8.78 Å². The first kappa shape index (κ1) is 14.2. The molecule has 0 atom stereocenters. The van der Waals surface area contributed by atoms with Gasteiger partial charge in [0.05, 0.1) is 11.6 Å². The summed E-state index contributed by atoms with van der Waals surface area (Å²) in [5.74, 6) is -4.09. The molecule has 0 radical (unpaired) electrons. The lowest BCUT2D eigenvalue weighted by Gasteiger charge is -2.14. The molecule has 0 aliphatic heterocycles. The highest BCUT2D eigenvalue weighted by molar-refractivity contribution is 6.41. The van der Waals surface area contributed by atoms with Crippen LogP contribution < -0.4 is 5.32 Å². The van der Waals surface area contributed by atoms with Gasteiger partial charge in [-0.3, -0.25) is 4.79 Å². The third kappa shape index (κ3) is 3.31. The Morgan fingerprint density at radius 3 is 2.59 bits per heavy atom. The normalized spacial score (nSPS) is 11.6. The molecule has 0 fully saturated rings. The Kier molecular flexibility index (Phi) is 4.35. The minimum atomic E-state index is -3.35. The number of hydrogen-bond donors (Lipinski definition) is 2. The van der Waals surface area contributed by atoms with Gasteiger partial charge in [0, 0.05) is 7.05 Å². The van der Waals surface area contributed by atoms with Crippen LogP contribution in [-0.4, -0.2) is 34.7 Å². The number of halogens is 4. The van der Waals surface area contributed by atoms with E-state index in [1.54, 1.807) is 0 Å². The van der Waals surface area contributed by atoms with Crippen molar-refractivity contribution in [3.05, 3.63) is 21.9 Å². The van der Waals surface area contributed by atoms with Crippen molar-refractivity contribution in [3.8, 4) is 0 Å². The number of alkyl halides is 2. The van der Waals surface area contributed by atoms with Gasteiger partial charge < -0.3 is 15.0 Å². The number of nitrogens with one attached hydrogen (secondary N) is 1. The lowest BCUT2D eigenvalue weighted by molar-refractivity contribution is -0.0462. The van der Waals surface area contributed by atoms with Crippen LogP contribution in [0.3, 0.4) is 0 Å². The molecule has 2 N–H and O–H groups in total. The van der Waals surface area contributed by atoms with Crippen LogP contribution in [0.15, 0.2) is 6.07 Å². The SMILES string of the molecule is Cn1c(C(=O)NCC(F)(F)CO)cc(Cl)c1Cl. The highest BCUT2D eigenvalue weighted by Crippen LogP contribution is 2.25. The van der Waals surface area contributed by atoms with Gasteiger partial charge >= 0.3 is 0 Å². The second-order valence-corrected chi connectivity index (χ2v) is 4.19. The summed E-state index contributed by atoms with van der Waals surface area (Å²) in [6.07, 6.45) is 0. The maximum atomic E-state index is 12.7. The van der Waals surface area contributed by atoms with E-state index in [-0.39, 0.29) is 15.9 Å². The van der Waals surface area contributed by atoms with E-state index in [9.17, 15) is 13.6 Å². The van der Waals surface area contributed by atoms with Gasteiger partial charge in [-0.1, -0.05) is 23.2 Å². The molecule has 1 amide bonds. The summed E-state index contributed by atoms with van der Waals surface area (Å²) in [7, 11) is 1.48. The number of aliphatic hydroxyl groups excluding tert-OH is 1. The van der Waals surface area contributed by atoms with Crippen molar-refractivity contribution in [1.82, 2.24) is 9.88 Å². The summed E-state index contributed by atoms with van der Waals surface area (Å²) in [6.45, 7) is -2.29. The Morgan fingerprint density at radius 1 is 1.59 bits per heavy atom. The first-order chi connectivity index (χ1) is 7.78. The first-order valence-corrected chi connectivity index (χ1v) is 5.31. The van der Waals surface area contributed by atoms with Gasteiger partial charge in [0.15, 0.2) is 0 Å². The largest absolute Gasteiger partial charge is 0.390 e. The fraction of sp³-hybridized carbons (Fsp3) is 0.444. The minimum absolute atomic E-state index is 0.0636. The maximum absolute atomic E-state index is 12.7. The predicted molar refractivity (Wildman–Crippen MR) is 59.8 cm³/mol. The highest BCUT2D eigenvalue weighted by atomic mass is 35.5. The summed E-state index contributed by atoms with van der Waals surface area (Å²) in [5, 5.41) is 10.6. The number of nitrogens with zero attached hydrogens (tertiary/aromatic N) is 1.